The number of likely N-dealkylation sites (tertiary alicyclic amines) is 1. The van der Waals surface area contributed by atoms with E-state index in [0.29, 0.717) is 25.9 Å². The van der Waals surface area contributed by atoms with Crippen molar-refractivity contribution in [1.82, 2.24) is 4.90 Å². The molecule has 25 heavy (non-hydrogen) atoms. The van der Waals surface area contributed by atoms with Gasteiger partial charge in [-0.15, -0.1) is 0 Å². The summed E-state index contributed by atoms with van der Waals surface area (Å²) in [6, 6.07) is 7.94. The average Bonchev–Trinajstić information content (AvgIpc) is 2.54. The molecule has 0 atom stereocenters. The molecule has 0 bridgehead atoms. The summed E-state index contributed by atoms with van der Waals surface area (Å²) in [4.78, 5) is 26.5. The SMILES string of the molecule is CCc1ccc(NC(=O)C2(C)CCN(C(=O)OC(C)(C)C)CC2)cc1. The van der Waals surface area contributed by atoms with Crippen molar-refractivity contribution in [3.8, 4) is 0 Å². The van der Waals surface area contributed by atoms with E-state index in [2.05, 4.69) is 12.2 Å². The molecule has 0 aromatic heterocycles. The molecule has 1 saturated heterocycles. The monoisotopic (exact) mass is 346 g/mol. The van der Waals surface area contributed by atoms with Gasteiger partial charge in [0.05, 0.1) is 5.41 Å². The van der Waals surface area contributed by atoms with Crippen molar-refractivity contribution in [2.24, 2.45) is 5.41 Å². The number of hydrogen-bond donors (Lipinski definition) is 1. The van der Waals surface area contributed by atoms with E-state index >= 15 is 0 Å². The van der Waals surface area contributed by atoms with E-state index in [9.17, 15) is 9.59 Å². The molecule has 2 rings (SSSR count). The Balaban J connectivity index is 1.92. The molecule has 1 heterocycles. The maximum absolute atomic E-state index is 12.7. The maximum Gasteiger partial charge on any atom is 0.410 e. The van der Waals surface area contributed by atoms with Gasteiger partial charge in [0.15, 0.2) is 0 Å². The highest BCUT2D eigenvalue weighted by atomic mass is 16.6. The van der Waals surface area contributed by atoms with Crippen molar-refractivity contribution in [3.05, 3.63) is 29.8 Å². The molecule has 0 unspecified atom stereocenters. The highest BCUT2D eigenvalue weighted by Gasteiger charge is 2.39. The van der Waals surface area contributed by atoms with Gasteiger partial charge in [-0.1, -0.05) is 26.0 Å². The van der Waals surface area contributed by atoms with Crippen molar-refractivity contribution < 1.29 is 14.3 Å². The number of rotatable bonds is 3. The molecule has 0 saturated carbocycles. The van der Waals surface area contributed by atoms with Crippen LogP contribution in [0.4, 0.5) is 10.5 Å². The van der Waals surface area contributed by atoms with Crippen LogP contribution in [0.15, 0.2) is 24.3 Å². The third kappa shape index (κ3) is 5.21. The number of benzene rings is 1. The Morgan fingerprint density at radius 3 is 2.20 bits per heavy atom. The predicted molar refractivity (Wildman–Crippen MR) is 99.6 cm³/mol. The Labute approximate surface area is 150 Å². The second-order valence-electron chi connectivity index (χ2n) is 8.03. The first-order chi connectivity index (χ1) is 11.6. The summed E-state index contributed by atoms with van der Waals surface area (Å²) in [6.07, 6.45) is 1.94. The minimum absolute atomic E-state index is 0.0144. The lowest BCUT2D eigenvalue weighted by molar-refractivity contribution is -0.127. The molecule has 1 N–H and O–H groups in total. The molecule has 1 aromatic carbocycles. The molecule has 138 valence electrons. The van der Waals surface area contributed by atoms with Crippen molar-refractivity contribution >= 4 is 17.7 Å². The van der Waals surface area contributed by atoms with E-state index in [1.807, 2.05) is 52.0 Å². The largest absolute Gasteiger partial charge is 0.444 e. The summed E-state index contributed by atoms with van der Waals surface area (Å²) < 4.78 is 5.41. The molecule has 0 aliphatic carbocycles. The Morgan fingerprint density at radius 1 is 1.16 bits per heavy atom. The summed E-state index contributed by atoms with van der Waals surface area (Å²) in [5, 5.41) is 3.01. The van der Waals surface area contributed by atoms with Gasteiger partial charge in [-0.25, -0.2) is 4.79 Å². The summed E-state index contributed by atoms with van der Waals surface area (Å²) in [5.74, 6) is 0.0144. The molecule has 5 nitrogen and oxygen atoms in total. The number of piperidine rings is 1. The van der Waals surface area contributed by atoms with Gasteiger partial charge in [-0.05, 0) is 57.7 Å². The van der Waals surface area contributed by atoms with Crippen LogP contribution in [0.2, 0.25) is 0 Å². The van der Waals surface area contributed by atoms with Crippen LogP contribution in [0.1, 0.15) is 53.0 Å². The number of carbonyl (C=O) groups is 2. The molecule has 1 aliphatic rings. The number of nitrogens with one attached hydrogen (secondary N) is 1. The number of anilines is 1. The molecule has 2 amide bonds. The third-order valence-electron chi connectivity index (χ3n) is 4.69. The zero-order valence-electron chi connectivity index (χ0n) is 16.0. The summed E-state index contributed by atoms with van der Waals surface area (Å²) in [5.41, 5.74) is 1.09. The fourth-order valence-electron chi connectivity index (χ4n) is 2.84. The second kappa shape index (κ2) is 7.46. The van der Waals surface area contributed by atoms with Gasteiger partial charge < -0.3 is 15.0 Å². The summed E-state index contributed by atoms with van der Waals surface area (Å²) in [7, 11) is 0. The lowest BCUT2D eigenvalue weighted by Crippen LogP contribution is -2.48. The third-order valence-corrected chi connectivity index (χ3v) is 4.69. The molecule has 1 aromatic rings. The standard InChI is InChI=1S/C20H30N2O3/c1-6-15-7-9-16(10-8-15)21-17(23)20(5)11-13-22(14-12-20)18(24)25-19(2,3)4/h7-10H,6,11-14H2,1-5H3,(H,21,23). The number of aryl methyl sites for hydroxylation is 1. The highest BCUT2D eigenvalue weighted by molar-refractivity contribution is 5.95. The minimum Gasteiger partial charge on any atom is -0.444 e. The van der Waals surface area contributed by atoms with Gasteiger partial charge in [0.1, 0.15) is 5.60 Å². The van der Waals surface area contributed by atoms with Crippen LogP contribution >= 0.6 is 0 Å². The molecule has 1 aliphatic heterocycles. The van der Waals surface area contributed by atoms with Crippen LogP contribution in [0, 0.1) is 5.41 Å². The number of carbonyl (C=O) groups excluding carboxylic acids is 2. The summed E-state index contributed by atoms with van der Waals surface area (Å²) in [6.45, 7) is 10.7. The van der Waals surface area contributed by atoms with Crippen LogP contribution < -0.4 is 5.32 Å². The lowest BCUT2D eigenvalue weighted by Gasteiger charge is -2.38. The predicted octanol–water partition coefficient (Wildman–Crippen LogP) is 4.22. The number of ether oxygens (including phenoxy) is 1. The number of amides is 2. The Kier molecular flexibility index (Phi) is 5.76. The van der Waals surface area contributed by atoms with E-state index in [1.165, 1.54) is 5.56 Å². The quantitative estimate of drug-likeness (QED) is 0.891. The van der Waals surface area contributed by atoms with Crippen LogP contribution in [0.25, 0.3) is 0 Å². The molecular weight excluding hydrogens is 316 g/mol. The normalized spacial score (nSPS) is 17.1. The van der Waals surface area contributed by atoms with E-state index < -0.39 is 11.0 Å². The summed E-state index contributed by atoms with van der Waals surface area (Å²) >= 11 is 0. The van der Waals surface area contributed by atoms with Crippen molar-refractivity contribution in [3.63, 3.8) is 0 Å². The zero-order chi connectivity index (χ0) is 18.7. The van der Waals surface area contributed by atoms with E-state index in [4.69, 9.17) is 4.74 Å². The average molecular weight is 346 g/mol. The number of nitrogens with zero attached hydrogens (tertiary/aromatic N) is 1. The molecule has 1 fully saturated rings. The van der Waals surface area contributed by atoms with E-state index in [0.717, 1.165) is 12.1 Å². The first kappa shape index (κ1) is 19.3. The highest BCUT2D eigenvalue weighted by Crippen LogP contribution is 2.33. The van der Waals surface area contributed by atoms with Crippen molar-refractivity contribution in [2.75, 3.05) is 18.4 Å². The first-order valence-corrected chi connectivity index (χ1v) is 9.01. The van der Waals surface area contributed by atoms with Crippen LogP contribution in [0.3, 0.4) is 0 Å². The van der Waals surface area contributed by atoms with Gasteiger partial charge in [-0.2, -0.15) is 0 Å². The van der Waals surface area contributed by atoms with Gasteiger partial charge in [0.2, 0.25) is 5.91 Å². The lowest BCUT2D eigenvalue weighted by atomic mass is 9.79. The van der Waals surface area contributed by atoms with Gasteiger partial charge in [-0.3, -0.25) is 4.79 Å². The zero-order valence-corrected chi connectivity index (χ0v) is 16.0. The smallest absolute Gasteiger partial charge is 0.410 e. The Hall–Kier alpha value is -2.04. The van der Waals surface area contributed by atoms with E-state index in [1.54, 1.807) is 4.90 Å². The maximum atomic E-state index is 12.7. The van der Waals surface area contributed by atoms with Crippen molar-refractivity contribution in [2.45, 2.75) is 59.5 Å². The molecular formula is C20H30N2O3. The van der Waals surface area contributed by atoms with Crippen LogP contribution in [0.5, 0.6) is 0 Å². The molecule has 5 heteroatoms. The Bertz CT molecular complexity index is 609. The second-order valence-corrected chi connectivity index (χ2v) is 8.03. The fraction of sp³-hybridized carbons (Fsp3) is 0.600. The minimum atomic E-state index is -0.500. The van der Waals surface area contributed by atoms with Crippen LogP contribution in [-0.4, -0.2) is 35.6 Å². The van der Waals surface area contributed by atoms with Crippen LogP contribution in [-0.2, 0) is 16.0 Å². The first-order valence-electron chi connectivity index (χ1n) is 9.01. The van der Waals surface area contributed by atoms with E-state index in [-0.39, 0.29) is 12.0 Å². The topological polar surface area (TPSA) is 58.6 Å². The molecule has 0 radical (unpaired) electrons. The molecule has 0 spiro atoms. The Morgan fingerprint density at radius 2 is 1.72 bits per heavy atom. The van der Waals surface area contributed by atoms with Gasteiger partial charge in [0.25, 0.3) is 0 Å². The fourth-order valence-corrected chi connectivity index (χ4v) is 2.84. The van der Waals surface area contributed by atoms with Crippen molar-refractivity contribution in [1.29, 1.82) is 0 Å². The van der Waals surface area contributed by atoms with Gasteiger partial charge >= 0.3 is 6.09 Å². The number of hydrogen-bond acceptors (Lipinski definition) is 3. The van der Waals surface area contributed by atoms with Gasteiger partial charge in [0, 0.05) is 18.8 Å².